The van der Waals surface area contributed by atoms with E-state index in [2.05, 4.69) is 15.5 Å². The Labute approximate surface area is 157 Å². The molecular formula is C18H15F3N4OS. The molecule has 0 bridgehead atoms. The molecular weight excluding hydrogens is 377 g/mol. The SMILES string of the molecule is C[C@H](Sc1nnc(-c2ccccc2F)n1C)C(=O)Nc1c(F)cccc1F. The maximum atomic E-state index is 14.0. The number of hydrogen-bond acceptors (Lipinski definition) is 4. The van der Waals surface area contributed by atoms with E-state index >= 15 is 0 Å². The molecule has 140 valence electrons. The Bertz CT molecular complexity index is 972. The number of anilines is 1. The lowest BCUT2D eigenvalue weighted by molar-refractivity contribution is -0.115. The van der Waals surface area contributed by atoms with Gasteiger partial charge in [0.05, 0.1) is 10.8 Å². The lowest BCUT2D eigenvalue weighted by atomic mass is 10.2. The number of rotatable bonds is 5. The molecule has 3 rings (SSSR count). The van der Waals surface area contributed by atoms with Gasteiger partial charge in [0.1, 0.15) is 23.1 Å². The summed E-state index contributed by atoms with van der Waals surface area (Å²) in [5, 5.41) is 9.83. The fraction of sp³-hybridized carbons (Fsp3) is 0.167. The molecule has 9 heteroatoms. The Balaban J connectivity index is 1.76. The summed E-state index contributed by atoms with van der Waals surface area (Å²) in [6, 6.07) is 9.46. The molecule has 0 aliphatic heterocycles. The maximum absolute atomic E-state index is 14.0. The molecule has 0 radical (unpaired) electrons. The molecule has 0 fully saturated rings. The zero-order chi connectivity index (χ0) is 19.6. The second-order valence-corrected chi connectivity index (χ2v) is 7.00. The first kappa shape index (κ1) is 19.0. The average molecular weight is 392 g/mol. The van der Waals surface area contributed by atoms with Gasteiger partial charge in [0.2, 0.25) is 5.91 Å². The van der Waals surface area contributed by atoms with Gasteiger partial charge < -0.3 is 9.88 Å². The van der Waals surface area contributed by atoms with Gasteiger partial charge in [0, 0.05) is 7.05 Å². The van der Waals surface area contributed by atoms with Crippen molar-refractivity contribution in [2.24, 2.45) is 7.05 Å². The topological polar surface area (TPSA) is 59.8 Å². The summed E-state index contributed by atoms with van der Waals surface area (Å²) in [6.07, 6.45) is 0. The Morgan fingerprint density at radius 3 is 2.33 bits per heavy atom. The molecule has 5 nitrogen and oxygen atoms in total. The van der Waals surface area contributed by atoms with E-state index in [1.165, 1.54) is 12.1 Å². The van der Waals surface area contributed by atoms with Crippen LogP contribution in [0.15, 0.2) is 47.6 Å². The van der Waals surface area contributed by atoms with Crippen LogP contribution < -0.4 is 5.32 Å². The van der Waals surface area contributed by atoms with E-state index < -0.39 is 34.3 Å². The highest BCUT2D eigenvalue weighted by atomic mass is 32.2. The van der Waals surface area contributed by atoms with E-state index in [-0.39, 0.29) is 5.56 Å². The van der Waals surface area contributed by atoms with Crippen molar-refractivity contribution in [3.05, 3.63) is 59.9 Å². The van der Waals surface area contributed by atoms with Gasteiger partial charge in [0.15, 0.2) is 11.0 Å². The number of thioether (sulfide) groups is 1. The fourth-order valence-corrected chi connectivity index (χ4v) is 3.16. The highest BCUT2D eigenvalue weighted by Gasteiger charge is 2.22. The van der Waals surface area contributed by atoms with Crippen LogP contribution in [0.25, 0.3) is 11.4 Å². The van der Waals surface area contributed by atoms with E-state index in [0.29, 0.717) is 11.0 Å². The van der Waals surface area contributed by atoms with Gasteiger partial charge in [-0.25, -0.2) is 13.2 Å². The van der Waals surface area contributed by atoms with Crippen LogP contribution in [-0.2, 0) is 11.8 Å². The lowest BCUT2D eigenvalue weighted by Crippen LogP contribution is -2.24. The van der Waals surface area contributed by atoms with Crippen LogP contribution in [0.5, 0.6) is 0 Å². The summed E-state index contributed by atoms with van der Waals surface area (Å²) in [4.78, 5) is 12.3. The second-order valence-electron chi connectivity index (χ2n) is 5.69. The molecule has 0 saturated heterocycles. The number of hydrogen-bond donors (Lipinski definition) is 1. The van der Waals surface area contributed by atoms with E-state index in [4.69, 9.17) is 0 Å². The van der Waals surface area contributed by atoms with Crippen molar-refractivity contribution in [2.75, 3.05) is 5.32 Å². The van der Waals surface area contributed by atoms with E-state index in [1.807, 2.05) is 0 Å². The number of halogens is 3. The van der Waals surface area contributed by atoms with Gasteiger partial charge in [-0.15, -0.1) is 10.2 Å². The molecule has 0 unspecified atom stereocenters. The van der Waals surface area contributed by atoms with Gasteiger partial charge in [-0.05, 0) is 31.2 Å². The molecule has 27 heavy (non-hydrogen) atoms. The third-order valence-corrected chi connectivity index (χ3v) is 4.95. The summed E-state index contributed by atoms with van der Waals surface area (Å²) in [5.74, 6) is -2.45. The normalized spacial score (nSPS) is 12.0. The molecule has 1 N–H and O–H groups in total. The predicted molar refractivity (Wildman–Crippen MR) is 96.7 cm³/mol. The number of nitrogens with one attached hydrogen (secondary N) is 1. The Morgan fingerprint density at radius 1 is 1.04 bits per heavy atom. The molecule has 0 aliphatic rings. The van der Waals surface area contributed by atoms with Gasteiger partial charge in [0.25, 0.3) is 0 Å². The summed E-state index contributed by atoms with van der Waals surface area (Å²) in [7, 11) is 1.64. The minimum absolute atomic E-state index is 0.282. The van der Waals surface area contributed by atoms with Gasteiger partial charge in [-0.2, -0.15) is 0 Å². The monoisotopic (exact) mass is 392 g/mol. The second kappa shape index (κ2) is 7.83. The number of aromatic nitrogens is 3. The largest absolute Gasteiger partial charge is 0.320 e. The van der Waals surface area contributed by atoms with Crippen molar-refractivity contribution >= 4 is 23.4 Å². The molecule has 1 atom stereocenters. The number of para-hydroxylation sites is 1. The minimum Gasteiger partial charge on any atom is -0.320 e. The first-order valence-electron chi connectivity index (χ1n) is 7.94. The average Bonchev–Trinajstić information content (AvgIpc) is 2.99. The molecule has 1 amide bonds. The number of nitrogens with zero attached hydrogens (tertiary/aromatic N) is 3. The van der Waals surface area contributed by atoms with Crippen LogP contribution in [0.2, 0.25) is 0 Å². The number of benzene rings is 2. The summed E-state index contributed by atoms with van der Waals surface area (Å²) >= 11 is 1.04. The maximum Gasteiger partial charge on any atom is 0.237 e. The van der Waals surface area contributed by atoms with Crippen molar-refractivity contribution in [2.45, 2.75) is 17.3 Å². The highest BCUT2D eigenvalue weighted by molar-refractivity contribution is 8.00. The van der Waals surface area contributed by atoms with E-state index in [9.17, 15) is 18.0 Å². The summed E-state index contributed by atoms with van der Waals surface area (Å²) in [6.45, 7) is 1.57. The van der Waals surface area contributed by atoms with E-state index in [0.717, 1.165) is 23.9 Å². The molecule has 0 saturated carbocycles. The smallest absolute Gasteiger partial charge is 0.237 e. The molecule has 0 spiro atoms. The molecule has 2 aromatic carbocycles. The zero-order valence-corrected chi connectivity index (χ0v) is 15.2. The van der Waals surface area contributed by atoms with Crippen molar-refractivity contribution in [1.29, 1.82) is 0 Å². The van der Waals surface area contributed by atoms with Crippen molar-refractivity contribution in [3.63, 3.8) is 0 Å². The van der Waals surface area contributed by atoms with Gasteiger partial charge in [-0.1, -0.05) is 30.0 Å². The molecule has 3 aromatic rings. The van der Waals surface area contributed by atoms with Crippen LogP contribution in [0.1, 0.15) is 6.92 Å². The third kappa shape index (κ3) is 3.97. The highest BCUT2D eigenvalue weighted by Crippen LogP contribution is 2.28. The first-order chi connectivity index (χ1) is 12.9. The van der Waals surface area contributed by atoms with Crippen LogP contribution in [-0.4, -0.2) is 25.9 Å². The van der Waals surface area contributed by atoms with Crippen molar-refractivity contribution < 1.29 is 18.0 Å². The number of carbonyl (C=O) groups excluding carboxylic acids is 1. The van der Waals surface area contributed by atoms with Crippen LogP contribution in [0.3, 0.4) is 0 Å². The van der Waals surface area contributed by atoms with Gasteiger partial charge in [-0.3, -0.25) is 4.79 Å². The zero-order valence-electron chi connectivity index (χ0n) is 14.4. The van der Waals surface area contributed by atoms with Crippen molar-refractivity contribution in [3.8, 4) is 11.4 Å². The number of carbonyl (C=O) groups is 1. The standard InChI is InChI=1S/C18H15F3N4OS/c1-10(17(26)22-15-13(20)8-5-9-14(15)21)27-18-24-23-16(25(18)2)11-6-3-4-7-12(11)19/h3-10H,1-2H3,(H,22,26)/t10-/m0/s1. The van der Waals surface area contributed by atoms with Crippen LogP contribution in [0, 0.1) is 17.5 Å². The van der Waals surface area contributed by atoms with Crippen LogP contribution in [0.4, 0.5) is 18.9 Å². The third-order valence-electron chi connectivity index (χ3n) is 3.81. The molecule has 1 aromatic heterocycles. The summed E-state index contributed by atoms with van der Waals surface area (Å²) in [5.41, 5.74) is -0.218. The molecule has 1 heterocycles. The van der Waals surface area contributed by atoms with E-state index in [1.54, 1.807) is 36.7 Å². The Kier molecular flexibility index (Phi) is 5.50. The minimum atomic E-state index is -0.860. The number of amides is 1. The quantitative estimate of drug-likeness (QED) is 0.667. The predicted octanol–water partition coefficient (Wildman–Crippen LogP) is 4.02. The fourth-order valence-electron chi connectivity index (χ4n) is 2.35. The lowest BCUT2D eigenvalue weighted by Gasteiger charge is -2.12. The molecule has 0 aliphatic carbocycles. The first-order valence-corrected chi connectivity index (χ1v) is 8.82. The Hall–Kier alpha value is -2.81. The van der Waals surface area contributed by atoms with Crippen LogP contribution >= 0.6 is 11.8 Å². The van der Waals surface area contributed by atoms with Crippen molar-refractivity contribution in [1.82, 2.24) is 14.8 Å². The summed E-state index contributed by atoms with van der Waals surface area (Å²) < 4.78 is 42.8. The Morgan fingerprint density at radius 2 is 1.67 bits per heavy atom. The van der Waals surface area contributed by atoms with Gasteiger partial charge >= 0.3 is 0 Å².